The molecule has 0 bridgehead atoms. The Hall–Kier alpha value is -0.800. The molecule has 0 aromatic carbocycles. The summed E-state index contributed by atoms with van der Waals surface area (Å²) >= 11 is 0. The summed E-state index contributed by atoms with van der Waals surface area (Å²) in [5, 5.41) is 0. The van der Waals surface area contributed by atoms with E-state index in [1.165, 1.54) is 6.42 Å². The minimum atomic E-state index is 0.418. The van der Waals surface area contributed by atoms with Gasteiger partial charge < -0.3 is 10.2 Å². The third-order valence-electron chi connectivity index (χ3n) is 3.70. The van der Waals surface area contributed by atoms with Crippen LogP contribution in [0.15, 0.2) is 22.8 Å². The summed E-state index contributed by atoms with van der Waals surface area (Å²) in [4.78, 5) is 2.54. The van der Waals surface area contributed by atoms with E-state index in [4.69, 9.17) is 10.2 Å². The first-order chi connectivity index (χ1) is 7.76. The molecule has 16 heavy (non-hydrogen) atoms. The van der Waals surface area contributed by atoms with E-state index >= 15 is 0 Å². The Labute approximate surface area is 97.6 Å². The molecule has 2 N–H and O–H groups in total. The van der Waals surface area contributed by atoms with Crippen LogP contribution in [0.1, 0.15) is 38.5 Å². The lowest BCUT2D eigenvalue weighted by molar-refractivity contribution is 0.160. The van der Waals surface area contributed by atoms with E-state index in [-0.39, 0.29) is 0 Å². The smallest absolute Gasteiger partial charge is 0.120 e. The lowest BCUT2D eigenvalue weighted by Gasteiger charge is -2.29. The molecule has 3 unspecified atom stereocenters. The van der Waals surface area contributed by atoms with Crippen LogP contribution in [-0.4, -0.2) is 24.0 Å². The fourth-order valence-electron chi connectivity index (χ4n) is 2.86. The summed E-state index contributed by atoms with van der Waals surface area (Å²) < 4.78 is 5.54. The highest BCUT2D eigenvalue weighted by molar-refractivity contribution is 5.06. The number of rotatable bonds is 4. The van der Waals surface area contributed by atoms with Gasteiger partial charge in [0.05, 0.1) is 12.3 Å². The van der Waals surface area contributed by atoms with E-state index in [2.05, 4.69) is 24.8 Å². The zero-order chi connectivity index (χ0) is 11.5. The summed E-state index contributed by atoms with van der Waals surface area (Å²) in [6, 6.07) is 5.08. The standard InChI is InChI=1S/C13H22N2O/c1-3-12(13-5-4-6-16-13)15-9-11(8-14)7-10(15)2/h4-6,10-12H,3,7-9,14H2,1-2H3. The molecule has 2 heterocycles. The molecular weight excluding hydrogens is 200 g/mol. The molecular formula is C13H22N2O. The van der Waals surface area contributed by atoms with Crippen LogP contribution in [0.5, 0.6) is 0 Å². The van der Waals surface area contributed by atoms with E-state index in [0.717, 1.165) is 25.3 Å². The summed E-state index contributed by atoms with van der Waals surface area (Å²) in [5.41, 5.74) is 5.77. The van der Waals surface area contributed by atoms with Gasteiger partial charge in [-0.25, -0.2) is 0 Å². The Morgan fingerprint density at radius 1 is 1.62 bits per heavy atom. The first kappa shape index (κ1) is 11.7. The van der Waals surface area contributed by atoms with Crippen molar-refractivity contribution in [2.75, 3.05) is 13.1 Å². The largest absolute Gasteiger partial charge is 0.468 e. The van der Waals surface area contributed by atoms with Gasteiger partial charge in [-0.3, -0.25) is 4.90 Å². The van der Waals surface area contributed by atoms with Crippen molar-refractivity contribution in [1.29, 1.82) is 0 Å². The number of nitrogens with zero attached hydrogens (tertiary/aromatic N) is 1. The second-order valence-corrected chi connectivity index (χ2v) is 4.82. The average Bonchev–Trinajstić information content (AvgIpc) is 2.91. The highest BCUT2D eigenvalue weighted by Gasteiger charge is 2.33. The topological polar surface area (TPSA) is 42.4 Å². The molecule has 0 amide bonds. The van der Waals surface area contributed by atoms with Crippen LogP contribution in [-0.2, 0) is 0 Å². The van der Waals surface area contributed by atoms with Crippen LogP contribution in [0.4, 0.5) is 0 Å². The van der Waals surface area contributed by atoms with E-state index in [1.54, 1.807) is 6.26 Å². The van der Waals surface area contributed by atoms with Gasteiger partial charge >= 0.3 is 0 Å². The number of hydrogen-bond acceptors (Lipinski definition) is 3. The summed E-state index contributed by atoms with van der Waals surface area (Å²) in [5.74, 6) is 1.74. The van der Waals surface area contributed by atoms with E-state index in [0.29, 0.717) is 18.0 Å². The van der Waals surface area contributed by atoms with Gasteiger partial charge in [-0.2, -0.15) is 0 Å². The van der Waals surface area contributed by atoms with Crippen molar-refractivity contribution in [2.24, 2.45) is 11.7 Å². The molecule has 0 saturated carbocycles. The first-order valence-electron chi connectivity index (χ1n) is 6.25. The van der Waals surface area contributed by atoms with Crippen molar-refractivity contribution in [2.45, 2.75) is 38.8 Å². The summed E-state index contributed by atoms with van der Waals surface area (Å²) in [6.45, 7) is 6.42. The Balaban J connectivity index is 2.10. The Morgan fingerprint density at radius 2 is 2.44 bits per heavy atom. The molecule has 0 aliphatic carbocycles. The predicted octanol–water partition coefficient (Wildman–Crippen LogP) is 2.40. The van der Waals surface area contributed by atoms with E-state index in [9.17, 15) is 0 Å². The van der Waals surface area contributed by atoms with Crippen LogP contribution in [0.25, 0.3) is 0 Å². The van der Waals surface area contributed by atoms with Crippen molar-refractivity contribution in [3.8, 4) is 0 Å². The number of furan rings is 1. The molecule has 1 saturated heterocycles. The second-order valence-electron chi connectivity index (χ2n) is 4.82. The second kappa shape index (κ2) is 5.02. The Morgan fingerprint density at radius 3 is 2.94 bits per heavy atom. The third kappa shape index (κ3) is 2.15. The zero-order valence-electron chi connectivity index (χ0n) is 10.2. The first-order valence-corrected chi connectivity index (χ1v) is 6.25. The maximum atomic E-state index is 5.77. The van der Waals surface area contributed by atoms with Crippen molar-refractivity contribution in [3.63, 3.8) is 0 Å². The number of hydrogen-bond donors (Lipinski definition) is 1. The van der Waals surface area contributed by atoms with Crippen molar-refractivity contribution >= 4 is 0 Å². The molecule has 3 nitrogen and oxygen atoms in total. The lowest BCUT2D eigenvalue weighted by atomic mass is 10.1. The quantitative estimate of drug-likeness (QED) is 0.850. The molecule has 1 fully saturated rings. The maximum Gasteiger partial charge on any atom is 0.120 e. The number of likely N-dealkylation sites (tertiary alicyclic amines) is 1. The van der Waals surface area contributed by atoms with Gasteiger partial charge in [0.25, 0.3) is 0 Å². The maximum absolute atomic E-state index is 5.77. The molecule has 1 aliphatic heterocycles. The van der Waals surface area contributed by atoms with Gasteiger partial charge in [0.1, 0.15) is 5.76 Å². The fraction of sp³-hybridized carbons (Fsp3) is 0.692. The van der Waals surface area contributed by atoms with Gasteiger partial charge in [-0.15, -0.1) is 0 Å². The average molecular weight is 222 g/mol. The molecule has 1 aliphatic rings. The van der Waals surface area contributed by atoms with Gasteiger partial charge in [0.15, 0.2) is 0 Å². The molecule has 90 valence electrons. The highest BCUT2D eigenvalue weighted by Crippen LogP contribution is 2.33. The fourth-order valence-corrected chi connectivity index (χ4v) is 2.86. The zero-order valence-corrected chi connectivity index (χ0v) is 10.2. The molecule has 3 atom stereocenters. The molecule has 1 aromatic rings. The van der Waals surface area contributed by atoms with Crippen LogP contribution >= 0.6 is 0 Å². The molecule has 1 aromatic heterocycles. The summed E-state index contributed by atoms with van der Waals surface area (Å²) in [7, 11) is 0. The molecule has 0 spiro atoms. The van der Waals surface area contributed by atoms with E-state index < -0.39 is 0 Å². The minimum absolute atomic E-state index is 0.418. The predicted molar refractivity (Wildman–Crippen MR) is 65.1 cm³/mol. The van der Waals surface area contributed by atoms with Gasteiger partial charge in [0, 0.05) is 12.6 Å². The SMILES string of the molecule is CCC(c1ccco1)N1CC(CN)CC1C. The van der Waals surface area contributed by atoms with Gasteiger partial charge in [-0.1, -0.05) is 6.92 Å². The normalized spacial score (nSPS) is 28.4. The van der Waals surface area contributed by atoms with Crippen molar-refractivity contribution in [1.82, 2.24) is 4.90 Å². The van der Waals surface area contributed by atoms with E-state index in [1.807, 2.05) is 6.07 Å². The minimum Gasteiger partial charge on any atom is -0.468 e. The third-order valence-corrected chi connectivity index (χ3v) is 3.70. The molecule has 3 heteroatoms. The van der Waals surface area contributed by atoms with Crippen molar-refractivity contribution in [3.05, 3.63) is 24.2 Å². The lowest BCUT2D eigenvalue weighted by Crippen LogP contribution is -2.31. The van der Waals surface area contributed by atoms with Crippen LogP contribution in [0.2, 0.25) is 0 Å². The van der Waals surface area contributed by atoms with Crippen LogP contribution in [0.3, 0.4) is 0 Å². The Kier molecular flexibility index (Phi) is 3.66. The van der Waals surface area contributed by atoms with Crippen molar-refractivity contribution < 1.29 is 4.42 Å². The van der Waals surface area contributed by atoms with Gasteiger partial charge in [-0.05, 0) is 44.4 Å². The van der Waals surface area contributed by atoms with Crippen LogP contribution in [0, 0.1) is 5.92 Å². The summed E-state index contributed by atoms with van der Waals surface area (Å²) in [6.07, 6.45) is 4.07. The molecule has 0 radical (unpaired) electrons. The van der Waals surface area contributed by atoms with Gasteiger partial charge in [0.2, 0.25) is 0 Å². The number of nitrogens with two attached hydrogens (primary N) is 1. The molecule has 2 rings (SSSR count). The Bertz CT molecular complexity index is 310. The monoisotopic (exact) mass is 222 g/mol. The highest BCUT2D eigenvalue weighted by atomic mass is 16.3. The van der Waals surface area contributed by atoms with Crippen LogP contribution < -0.4 is 5.73 Å².